The first kappa shape index (κ1) is 14.6. The molecule has 1 aromatic heterocycles. The summed E-state index contributed by atoms with van der Waals surface area (Å²) < 4.78 is 51.9. The van der Waals surface area contributed by atoms with Crippen LogP contribution in [0.2, 0.25) is 0 Å². The van der Waals surface area contributed by atoms with Crippen molar-refractivity contribution in [2.45, 2.75) is 24.9 Å². The fourth-order valence-electron chi connectivity index (χ4n) is 1.57. The molecule has 108 valence electrons. The standard InChI is InChI=1S/C12H13F2N3O2S/c1-2-11-15-7-12(17-11)20(18,19)16-6-8-3-4-9(13)10(14)5-8/h3-5,7,16H,2,6H2,1H3,(H,15,17). The molecule has 20 heavy (non-hydrogen) atoms. The van der Waals surface area contributed by atoms with Crippen LogP contribution < -0.4 is 4.72 Å². The van der Waals surface area contributed by atoms with Gasteiger partial charge in [-0.15, -0.1) is 0 Å². The lowest BCUT2D eigenvalue weighted by Gasteiger charge is -2.05. The van der Waals surface area contributed by atoms with E-state index in [0.717, 1.165) is 12.1 Å². The van der Waals surface area contributed by atoms with Gasteiger partial charge in [0.1, 0.15) is 5.82 Å². The first-order valence-electron chi connectivity index (χ1n) is 5.90. The maximum absolute atomic E-state index is 13.0. The molecular formula is C12H13F2N3O2S. The molecule has 0 amide bonds. The summed E-state index contributed by atoms with van der Waals surface area (Å²) in [5, 5.41) is -0.0584. The number of nitrogens with one attached hydrogen (secondary N) is 2. The summed E-state index contributed by atoms with van der Waals surface area (Å²) in [5.74, 6) is -1.44. The van der Waals surface area contributed by atoms with Gasteiger partial charge < -0.3 is 4.98 Å². The summed E-state index contributed by atoms with van der Waals surface area (Å²) in [6.45, 7) is 1.70. The molecule has 8 heteroatoms. The fraction of sp³-hybridized carbons (Fsp3) is 0.250. The Morgan fingerprint density at radius 1 is 1.30 bits per heavy atom. The van der Waals surface area contributed by atoms with E-state index in [1.54, 1.807) is 0 Å². The number of nitrogens with zero attached hydrogens (tertiary/aromatic N) is 1. The summed E-state index contributed by atoms with van der Waals surface area (Å²) in [6.07, 6.45) is 1.80. The van der Waals surface area contributed by atoms with Gasteiger partial charge in [0.2, 0.25) is 0 Å². The van der Waals surface area contributed by atoms with Gasteiger partial charge in [0.15, 0.2) is 16.7 Å². The van der Waals surface area contributed by atoms with Gasteiger partial charge >= 0.3 is 0 Å². The normalized spacial score (nSPS) is 11.8. The number of aromatic nitrogens is 2. The Balaban J connectivity index is 2.10. The summed E-state index contributed by atoms with van der Waals surface area (Å²) in [6, 6.07) is 3.21. The molecule has 5 nitrogen and oxygen atoms in total. The van der Waals surface area contributed by atoms with E-state index in [4.69, 9.17) is 0 Å². The number of H-pyrrole nitrogens is 1. The number of rotatable bonds is 5. The molecule has 0 aliphatic heterocycles. The minimum absolute atomic E-state index is 0.0584. The van der Waals surface area contributed by atoms with Crippen LogP contribution in [0.15, 0.2) is 29.4 Å². The quantitative estimate of drug-likeness (QED) is 0.883. The second-order valence-corrected chi connectivity index (χ2v) is 5.86. The Bertz CT molecular complexity index is 713. The molecule has 1 aromatic carbocycles. The van der Waals surface area contributed by atoms with E-state index in [1.807, 2.05) is 6.92 Å². The predicted octanol–water partition coefficient (Wildman–Crippen LogP) is 1.73. The van der Waals surface area contributed by atoms with Gasteiger partial charge in [0, 0.05) is 13.0 Å². The molecule has 0 bridgehead atoms. The fourth-order valence-corrected chi connectivity index (χ4v) is 2.52. The van der Waals surface area contributed by atoms with Crippen LogP contribution in [0.4, 0.5) is 8.78 Å². The van der Waals surface area contributed by atoms with Gasteiger partial charge in [0.05, 0.1) is 6.20 Å². The average molecular weight is 301 g/mol. The third kappa shape index (κ3) is 3.20. The highest BCUT2D eigenvalue weighted by Gasteiger charge is 2.16. The first-order chi connectivity index (χ1) is 9.42. The minimum Gasteiger partial charge on any atom is -0.332 e. The maximum atomic E-state index is 13.0. The second-order valence-electron chi connectivity index (χ2n) is 4.12. The van der Waals surface area contributed by atoms with Crippen molar-refractivity contribution in [2.75, 3.05) is 0 Å². The number of imidazole rings is 1. The molecule has 2 aromatic rings. The van der Waals surface area contributed by atoms with E-state index >= 15 is 0 Å². The number of halogens is 2. The monoisotopic (exact) mass is 301 g/mol. The van der Waals surface area contributed by atoms with E-state index in [-0.39, 0.29) is 11.6 Å². The van der Waals surface area contributed by atoms with E-state index in [9.17, 15) is 17.2 Å². The molecule has 2 rings (SSSR count). The van der Waals surface area contributed by atoms with Crippen molar-refractivity contribution in [3.05, 3.63) is 47.4 Å². The first-order valence-corrected chi connectivity index (χ1v) is 7.38. The zero-order valence-electron chi connectivity index (χ0n) is 10.7. The number of aryl methyl sites for hydroxylation is 1. The highest BCUT2D eigenvalue weighted by molar-refractivity contribution is 7.89. The van der Waals surface area contributed by atoms with Crippen LogP contribution in [0.25, 0.3) is 0 Å². The van der Waals surface area contributed by atoms with Gasteiger partial charge in [-0.2, -0.15) is 0 Å². The zero-order valence-corrected chi connectivity index (χ0v) is 11.5. The van der Waals surface area contributed by atoms with Crippen molar-refractivity contribution in [1.29, 1.82) is 0 Å². The molecule has 0 saturated heterocycles. The number of benzene rings is 1. The largest absolute Gasteiger partial charge is 0.332 e. The molecule has 0 fully saturated rings. The predicted molar refractivity (Wildman–Crippen MR) is 68.3 cm³/mol. The number of aromatic amines is 1. The lowest BCUT2D eigenvalue weighted by Crippen LogP contribution is -2.23. The van der Waals surface area contributed by atoms with E-state index < -0.39 is 21.7 Å². The van der Waals surface area contributed by atoms with Crippen molar-refractivity contribution in [2.24, 2.45) is 0 Å². The van der Waals surface area contributed by atoms with Gasteiger partial charge in [-0.3, -0.25) is 0 Å². The average Bonchev–Trinajstić information content (AvgIpc) is 2.90. The van der Waals surface area contributed by atoms with Crippen molar-refractivity contribution >= 4 is 10.0 Å². The van der Waals surface area contributed by atoms with E-state index in [2.05, 4.69) is 14.7 Å². The topological polar surface area (TPSA) is 74.8 Å². The van der Waals surface area contributed by atoms with Crippen LogP contribution in [-0.4, -0.2) is 18.4 Å². The third-order valence-electron chi connectivity index (χ3n) is 2.68. The molecule has 0 saturated carbocycles. The molecule has 0 unspecified atom stereocenters. The maximum Gasteiger partial charge on any atom is 0.257 e. The number of sulfonamides is 1. The second kappa shape index (κ2) is 5.68. The lowest BCUT2D eigenvalue weighted by molar-refractivity contribution is 0.506. The molecule has 0 radical (unpaired) electrons. The molecule has 0 atom stereocenters. The highest BCUT2D eigenvalue weighted by atomic mass is 32.2. The Labute approximate surface area is 115 Å². The van der Waals surface area contributed by atoms with Crippen LogP contribution in [0, 0.1) is 11.6 Å². The van der Waals surface area contributed by atoms with Crippen molar-refractivity contribution in [3.8, 4) is 0 Å². The molecule has 0 spiro atoms. The molecular weight excluding hydrogens is 288 g/mol. The van der Waals surface area contributed by atoms with Crippen LogP contribution in [0.3, 0.4) is 0 Å². The number of hydrogen-bond donors (Lipinski definition) is 2. The third-order valence-corrected chi connectivity index (χ3v) is 3.99. The van der Waals surface area contributed by atoms with Gasteiger partial charge in [-0.05, 0) is 17.7 Å². The SMILES string of the molecule is CCc1ncc(S(=O)(=O)NCc2ccc(F)c(F)c2)[nH]1. The Kier molecular flexibility index (Phi) is 4.15. The summed E-state index contributed by atoms with van der Waals surface area (Å²) >= 11 is 0. The molecule has 2 N–H and O–H groups in total. The Morgan fingerprint density at radius 3 is 2.65 bits per heavy atom. The Hall–Kier alpha value is -1.80. The van der Waals surface area contributed by atoms with Crippen LogP contribution in [0.5, 0.6) is 0 Å². The van der Waals surface area contributed by atoms with Crippen molar-refractivity contribution < 1.29 is 17.2 Å². The zero-order chi connectivity index (χ0) is 14.8. The van der Waals surface area contributed by atoms with Crippen molar-refractivity contribution in [3.63, 3.8) is 0 Å². The van der Waals surface area contributed by atoms with Gasteiger partial charge in [-0.25, -0.2) is 26.9 Å². The van der Waals surface area contributed by atoms with Crippen LogP contribution in [-0.2, 0) is 23.0 Å². The Morgan fingerprint density at radius 2 is 2.05 bits per heavy atom. The lowest BCUT2D eigenvalue weighted by atomic mass is 10.2. The van der Waals surface area contributed by atoms with Crippen LogP contribution >= 0.6 is 0 Å². The van der Waals surface area contributed by atoms with E-state index in [0.29, 0.717) is 17.8 Å². The number of hydrogen-bond acceptors (Lipinski definition) is 3. The molecule has 0 aliphatic rings. The smallest absolute Gasteiger partial charge is 0.257 e. The van der Waals surface area contributed by atoms with E-state index in [1.165, 1.54) is 12.3 Å². The summed E-state index contributed by atoms with van der Waals surface area (Å²) in [7, 11) is -3.75. The van der Waals surface area contributed by atoms with Gasteiger partial charge in [0.25, 0.3) is 10.0 Å². The summed E-state index contributed by atoms with van der Waals surface area (Å²) in [4.78, 5) is 6.56. The van der Waals surface area contributed by atoms with Gasteiger partial charge in [-0.1, -0.05) is 13.0 Å². The molecule has 0 aliphatic carbocycles. The highest BCUT2D eigenvalue weighted by Crippen LogP contribution is 2.10. The van der Waals surface area contributed by atoms with Crippen molar-refractivity contribution in [1.82, 2.24) is 14.7 Å². The molecule has 1 heterocycles. The minimum atomic E-state index is -3.75. The summed E-state index contributed by atoms with van der Waals surface area (Å²) in [5.41, 5.74) is 0.322. The van der Waals surface area contributed by atoms with Crippen LogP contribution in [0.1, 0.15) is 18.3 Å².